The van der Waals surface area contributed by atoms with Crippen LogP contribution in [0, 0.1) is 5.82 Å². The first kappa shape index (κ1) is 16.1. The summed E-state index contributed by atoms with van der Waals surface area (Å²) in [5.74, 6) is -0.366. The Labute approximate surface area is 135 Å². The molecule has 1 fully saturated rings. The number of aromatic nitrogens is 1. The van der Waals surface area contributed by atoms with E-state index in [0.717, 1.165) is 5.69 Å². The van der Waals surface area contributed by atoms with E-state index in [1.54, 1.807) is 12.3 Å². The smallest absolute Gasteiger partial charge is 0.216 e. The largest absolute Gasteiger partial charge is 0.370 e. The van der Waals surface area contributed by atoms with Gasteiger partial charge in [0.25, 0.3) is 0 Å². The van der Waals surface area contributed by atoms with E-state index >= 15 is 0 Å². The summed E-state index contributed by atoms with van der Waals surface area (Å²) in [4.78, 5) is 6.08. The quantitative estimate of drug-likeness (QED) is 0.930. The summed E-state index contributed by atoms with van der Waals surface area (Å²) in [7, 11) is -3.34. The zero-order valence-electron chi connectivity index (χ0n) is 13.2. The van der Waals surface area contributed by atoms with Crippen LogP contribution in [-0.4, -0.2) is 37.8 Å². The minimum Gasteiger partial charge on any atom is -0.370 e. The van der Waals surface area contributed by atoms with Crippen LogP contribution in [0.4, 0.5) is 10.1 Å². The Balaban J connectivity index is 1.89. The number of sulfonamides is 1. The standard InChI is InChI=1S/C16H20FN3O2S/c1-11(2)19-23(21,22)12-7-9-20(10-12)15-6-8-18-16-13(15)4-3-5-14(16)17/h3-6,8,11-12,19H,7,9-10H2,1-2H3. The number of para-hydroxylation sites is 1. The van der Waals surface area contributed by atoms with Crippen molar-refractivity contribution < 1.29 is 12.8 Å². The number of nitrogens with one attached hydrogen (secondary N) is 1. The number of hydrogen-bond donors (Lipinski definition) is 1. The molecule has 1 unspecified atom stereocenters. The van der Waals surface area contributed by atoms with E-state index in [4.69, 9.17) is 0 Å². The van der Waals surface area contributed by atoms with E-state index in [0.29, 0.717) is 30.4 Å². The van der Waals surface area contributed by atoms with Gasteiger partial charge in [0.1, 0.15) is 11.3 Å². The molecule has 0 bridgehead atoms. The summed E-state index contributed by atoms with van der Waals surface area (Å²) in [6.45, 7) is 4.64. The highest BCUT2D eigenvalue weighted by Gasteiger charge is 2.34. The maximum Gasteiger partial charge on any atom is 0.216 e. The average molecular weight is 337 g/mol. The summed E-state index contributed by atoms with van der Waals surface area (Å²) in [6.07, 6.45) is 2.12. The Morgan fingerprint density at radius 3 is 2.87 bits per heavy atom. The first-order chi connectivity index (χ1) is 10.9. The van der Waals surface area contributed by atoms with Gasteiger partial charge in [-0.15, -0.1) is 0 Å². The van der Waals surface area contributed by atoms with Gasteiger partial charge in [-0.25, -0.2) is 17.5 Å². The number of rotatable bonds is 4. The van der Waals surface area contributed by atoms with Gasteiger partial charge < -0.3 is 4.90 Å². The second-order valence-electron chi connectivity index (χ2n) is 6.14. The Morgan fingerprint density at radius 1 is 1.35 bits per heavy atom. The van der Waals surface area contributed by atoms with Gasteiger partial charge in [0.15, 0.2) is 0 Å². The van der Waals surface area contributed by atoms with Crippen LogP contribution in [-0.2, 0) is 10.0 Å². The lowest BCUT2D eigenvalue weighted by Gasteiger charge is -2.21. The van der Waals surface area contributed by atoms with Crippen LogP contribution in [0.15, 0.2) is 30.5 Å². The van der Waals surface area contributed by atoms with E-state index in [1.807, 2.05) is 30.9 Å². The summed E-state index contributed by atoms with van der Waals surface area (Å²) in [5.41, 5.74) is 1.15. The first-order valence-corrected chi connectivity index (χ1v) is 9.22. The molecule has 7 heteroatoms. The third kappa shape index (κ3) is 3.16. The monoisotopic (exact) mass is 337 g/mol. The van der Waals surface area contributed by atoms with Crippen LogP contribution in [0.2, 0.25) is 0 Å². The molecule has 1 atom stereocenters. The highest BCUT2D eigenvalue weighted by Crippen LogP contribution is 2.30. The molecule has 1 N–H and O–H groups in total. The molecule has 1 aliphatic heterocycles. The number of pyridine rings is 1. The van der Waals surface area contributed by atoms with E-state index in [1.165, 1.54) is 6.07 Å². The average Bonchev–Trinajstić information content (AvgIpc) is 2.96. The lowest BCUT2D eigenvalue weighted by Crippen LogP contribution is -2.39. The Bertz CT molecular complexity index is 823. The van der Waals surface area contributed by atoms with Gasteiger partial charge in [-0.05, 0) is 32.4 Å². The SMILES string of the molecule is CC(C)NS(=O)(=O)C1CCN(c2ccnc3c(F)cccc23)C1. The van der Waals surface area contributed by atoms with Gasteiger partial charge in [0, 0.05) is 36.4 Å². The number of fused-ring (bicyclic) bond motifs is 1. The minimum absolute atomic E-state index is 0.120. The molecular weight excluding hydrogens is 317 g/mol. The summed E-state index contributed by atoms with van der Waals surface area (Å²) < 4.78 is 41.2. The van der Waals surface area contributed by atoms with Crippen molar-refractivity contribution in [1.29, 1.82) is 0 Å². The Kier molecular flexibility index (Phi) is 4.25. The predicted octanol–water partition coefficient (Wildman–Crippen LogP) is 2.28. The van der Waals surface area contributed by atoms with E-state index < -0.39 is 15.3 Å². The van der Waals surface area contributed by atoms with Crippen molar-refractivity contribution in [2.45, 2.75) is 31.6 Å². The van der Waals surface area contributed by atoms with Gasteiger partial charge in [-0.3, -0.25) is 4.98 Å². The molecule has 2 heterocycles. The van der Waals surface area contributed by atoms with Gasteiger partial charge >= 0.3 is 0 Å². The van der Waals surface area contributed by atoms with Crippen LogP contribution in [0.5, 0.6) is 0 Å². The molecule has 124 valence electrons. The fraction of sp³-hybridized carbons (Fsp3) is 0.438. The Morgan fingerprint density at radius 2 is 2.13 bits per heavy atom. The summed E-state index contributed by atoms with van der Waals surface area (Å²) in [5, 5.41) is 0.254. The van der Waals surface area contributed by atoms with Crippen LogP contribution in [0.25, 0.3) is 10.9 Å². The highest BCUT2D eigenvalue weighted by atomic mass is 32.2. The van der Waals surface area contributed by atoms with Crippen LogP contribution >= 0.6 is 0 Å². The zero-order valence-corrected chi connectivity index (χ0v) is 14.0. The number of hydrogen-bond acceptors (Lipinski definition) is 4. The highest BCUT2D eigenvalue weighted by molar-refractivity contribution is 7.90. The molecule has 1 saturated heterocycles. The van der Waals surface area contributed by atoms with Crippen molar-refractivity contribution in [1.82, 2.24) is 9.71 Å². The van der Waals surface area contributed by atoms with Crippen molar-refractivity contribution in [2.75, 3.05) is 18.0 Å². The molecule has 3 rings (SSSR count). The molecule has 23 heavy (non-hydrogen) atoms. The van der Waals surface area contributed by atoms with E-state index in [9.17, 15) is 12.8 Å². The first-order valence-electron chi connectivity index (χ1n) is 7.68. The van der Waals surface area contributed by atoms with Crippen LogP contribution < -0.4 is 9.62 Å². The molecule has 0 spiro atoms. The molecule has 0 amide bonds. The third-order valence-corrected chi connectivity index (χ3v) is 6.09. The van der Waals surface area contributed by atoms with Crippen molar-refractivity contribution in [2.24, 2.45) is 0 Å². The maximum atomic E-state index is 13.9. The molecule has 1 aromatic heterocycles. The molecule has 0 saturated carbocycles. The van der Waals surface area contributed by atoms with Gasteiger partial charge in [-0.1, -0.05) is 12.1 Å². The molecule has 0 aliphatic carbocycles. The topological polar surface area (TPSA) is 62.3 Å². The lowest BCUT2D eigenvalue weighted by atomic mass is 10.1. The number of nitrogens with zero attached hydrogens (tertiary/aromatic N) is 2. The number of anilines is 1. The summed E-state index contributed by atoms with van der Waals surface area (Å²) in [6, 6.07) is 6.53. The molecule has 1 aliphatic rings. The van der Waals surface area contributed by atoms with Crippen molar-refractivity contribution >= 4 is 26.6 Å². The van der Waals surface area contributed by atoms with E-state index in [-0.39, 0.29) is 11.9 Å². The molecule has 0 radical (unpaired) electrons. The van der Waals surface area contributed by atoms with Crippen molar-refractivity contribution in [3.8, 4) is 0 Å². The predicted molar refractivity (Wildman–Crippen MR) is 89.5 cm³/mol. The normalized spacial score (nSPS) is 19.0. The molecule has 1 aromatic carbocycles. The fourth-order valence-electron chi connectivity index (χ4n) is 3.03. The summed E-state index contributed by atoms with van der Waals surface area (Å²) >= 11 is 0. The second-order valence-corrected chi connectivity index (χ2v) is 8.13. The second kappa shape index (κ2) is 6.05. The van der Waals surface area contributed by atoms with Crippen molar-refractivity contribution in [3.05, 3.63) is 36.3 Å². The van der Waals surface area contributed by atoms with Gasteiger partial charge in [-0.2, -0.15) is 0 Å². The van der Waals surface area contributed by atoms with Crippen molar-refractivity contribution in [3.63, 3.8) is 0 Å². The number of halogens is 1. The number of benzene rings is 1. The molecule has 5 nitrogen and oxygen atoms in total. The third-order valence-electron chi connectivity index (χ3n) is 4.02. The van der Waals surface area contributed by atoms with Gasteiger partial charge in [0.05, 0.1) is 5.25 Å². The lowest BCUT2D eigenvalue weighted by molar-refractivity contribution is 0.557. The fourth-order valence-corrected chi connectivity index (χ4v) is 4.67. The maximum absolute atomic E-state index is 13.9. The van der Waals surface area contributed by atoms with Gasteiger partial charge in [0.2, 0.25) is 10.0 Å². The zero-order chi connectivity index (χ0) is 16.6. The Hall–Kier alpha value is -1.73. The minimum atomic E-state index is -3.34. The molecular formula is C16H20FN3O2S. The van der Waals surface area contributed by atoms with Crippen LogP contribution in [0.3, 0.4) is 0 Å². The van der Waals surface area contributed by atoms with Crippen LogP contribution in [0.1, 0.15) is 20.3 Å². The van der Waals surface area contributed by atoms with E-state index in [2.05, 4.69) is 9.71 Å². The molecule has 2 aromatic rings.